The molecule has 1 amide bonds. The molecule has 2 aliphatic carbocycles. The Morgan fingerprint density at radius 3 is 2.97 bits per heavy atom. The van der Waals surface area contributed by atoms with Crippen LogP contribution in [0.3, 0.4) is 0 Å². The first-order valence-corrected chi connectivity index (χ1v) is 10.7. The highest BCUT2D eigenvalue weighted by molar-refractivity contribution is 7.74. The molecule has 1 heterocycles. The fourth-order valence-corrected chi connectivity index (χ4v) is 5.03. The van der Waals surface area contributed by atoms with Crippen LogP contribution in [0.25, 0.3) is 0 Å². The van der Waals surface area contributed by atoms with Crippen molar-refractivity contribution in [3.8, 4) is 0 Å². The summed E-state index contributed by atoms with van der Waals surface area (Å²) in [6, 6.07) is -0.425. The fraction of sp³-hybridized carbons (Fsp3) is 0.524. The average molecular weight is 424 g/mol. The van der Waals surface area contributed by atoms with E-state index in [0.717, 1.165) is 24.0 Å². The lowest BCUT2D eigenvalue weighted by Crippen LogP contribution is -2.41. The molecule has 3 rings (SSSR count). The van der Waals surface area contributed by atoms with Crippen molar-refractivity contribution < 1.29 is 28.7 Å². The van der Waals surface area contributed by atoms with Crippen LogP contribution in [-0.4, -0.2) is 40.4 Å². The molecular weight excluding hydrogens is 394 g/mol. The van der Waals surface area contributed by atoms with Crippen molar-refractivity contribution in [1.29, 1.82) is 0 Å². The Balaban J connectivity index is 0.00000320. The Hall–Kier alpha value is -2.03. The monoisotopic (exact) mass is 423 g/mol. The summed E-state index contributed by atoms with van der Waals surface area (Å²) >= 11 is -2.33. The number of hydrogen-bond donors (Lipinski definition) is 2. The summed E-state index contributed by atoms with van der Waals surface area (Å²) in [5.41, 5.74) is 3.32. The van der Waals surface area contributed by atoms with Crippen LogP contribution in [-0.2, 0) is 29.9 Å². The second kappa shape index (κ2) is 8.77. The minimum Gasteiger partial charge on any atom is -0.460 e. The molecule has 3 aliphatic rings. The summed E-state index contributed by atoms with van der Waals surface area (Å²) in [5.74, 6) is -0.226. The molecule has 0 aromatic carbocycles. The van der Waals surface area contributed by atoms with Crippen molar-refractivity contribution in [2.24, 2.45) is 17.3 Å². The minimum atomic E-state index is -2.33. The van der Waals surface area contributed by atoms with Gasteiger partial charge >= 0.3 is 17.3 Å². The molecule has 2 unspecified atom stereocenters. The lowest BCUT2D eigenvalue weighted by atomic mass is 9.57. The van der Waals surface area contributed by atoms with Crippen molar-refractivity contribution in [3.63, 3.8) is 0 Å². The molecule has 0 aromatic heterocycles. The van der Waals surface area contributed by atoms with Crippen molar-refractivity contribution in [2.75, 3.05) is 13.2 Å². The lowest BCUT2D eigenvalue weighted by molar-refractivity contribution is -0.135. The Labute approximate surface area is 174 Å². The fourth-order valence-electron chi connectivity index (χ4n) is 4.68. The van der Waals surface area contributed by atoms with Gasteiger partial charge < -0.3 is 10.1 Å². The maximum Gasteiger partial charge on any atom is 0.336 e. The van der Waals surface area contributed by atoms with Crippen molar-refractivity contribution in [1.82, 2.24) is 5.32 Å². The summed E-state index contributed by atoms with van der Waals surface area (Å²) in [4.78, 5) is 22.8. The third kappa shape index (κ3) is 4.29. The maximum atomic E-state index is 12.0. The third-order valence-corrected chi connectivity index (χ3v) is 6.83. The molecule has 7 nitrogen and oxygen atoms in total. The van der Waals surface area contributed by atoms with Gasteiger partial charge in [0.25, 0.3) is 0 Å². The van der Waals surface area contributed by atoms with Crippen LogP contribution >= 0.6 is 0 Å². The molecule has 5 atom stereocenters. The van der Waals surface area contributed by atoms with E-state index < -0.39 is 28.8 Å². The van der Waals surface area contributed by atoms with Crippen molar-refractivity contribution >= 4 is 23.7 Å². The Morgan fingerprint density at radius 2 is 2.28 bits per heavy atom. The molecule has 1 aliphatic heterocycles. The summed E-state index contributed by atoms with van der Waals surface area (Å²) < 4.78 is 30.3. The average Bonchev–Trinajstić information content (AvgIpc) is 3.02. The predicted molar refractivity (Wildman–Crippen MR) is 111 cm³/mol. The first-order chi connectivity index (χ1) is 13.8. The summed E-state index contributed by atoms with van der Waals surface area (Å²) in [5, 5.41) is 2.61. The zero-order valence-corrected chi connectivity index (χ0v) is 17.3. The largest absolute Gasteiger partial charge is 0.460 e. The number of nitrogens with one attached hydrogen (secondary N) is 1. The molecule has 160 valence electrons. The van der Waals surface area contributed by atoms with E-state index in [2.05, 4.69) is 24.6 Å². The standard InChI is InChI=1S/C21H27NO6S.H2/c1-13-4-9-18-16(6-5-14(2)21(18,3)11-28-29(25)26)15(13)7-8-17-19(22-12-23)10-27-20(17)24;/h6,8,12,15,18-19H,1-2,4-5,7,9-11H2,3H3,(H,22,23)(H,25,26);1H/b17-8+;/t15-,18+,19?,21-;/m1./s1. The van der Waals surface area contributed by atoms with Crippen LogP contribution in [0.15, 0.2) is 47.6 Å². The summed E-state index contributed by atoms with van der Waals surface area (Å²) in [6.45, 7) is 10.7. The van der Waals surface area contributed by atoms with Crippen LogP contribution in [0.5, 0.6) is 0 Å². The Kier molecular flexibility index (Phi) is 6.55. The number of carbonyl (C=O) groups excluding carboxylic acids is 2. The molecule has 0 bridgehead atoms. The molecule has 2 N–H and O–H groups in total. The van der Waals surface area contributed by atoms with Gasteiger partial charge in [0.15, 0.2) is 0 Å². The Morgan fingerprint density at radius 1 is 1.52 bits per heavy atom. The topological polar surface area (TPSA) is 102 Å². The molecule has 1 saturated heterocycles. The van der Waals surface area contributed by atoms with Gasteiger partial charge in [0.1, 0.15) is 6.61 Å². The second-order valence-corrected chi connectivity index (χ2v) is 8.71. The zero-order chi connectivity index (χ0) is 21.2. The van der Waals surface area contributed by atoms with Crippen LogP contribution in [0.4, 0.5) is 0 Å². The molecule has 0 aromatic rings. The summed E-state index contributed by atoms with van der Waals surface area (Å²) in [7, 11) is 0. The molecule has 1 saturated carbocycles. The number of amides is 1. The number of esters is 1. The van der Waals surface area contributed by atoms with Crippen molar-refractivity contribution in [2.45, 2.75) is 38.6 Å². The van der Waals surface area contributed by atoms with Gasteiger partial charge in [-0.1, -0.05) is 49.0 Å². The predicted octanol–water partition coefficient (Wildman–Crippen LogP) is 2.85. The van der Waals surface area contributed by atoms with Crippen LogP contribution < -0.4 is 5.32 Å². The first kappa shape index (κ1) is 21.7. The van der Waals surface area contributed by atoms with Gasteiger partial charge in [-0.15, -0.1) is 0 Å². The highest BCUT2D eigenvalue weighted by Crippen LogP contribution is 2.54. The number of hydrogen-bond acceptors (Lipinski definition) is 5. The minimum absolute atomic E-state index is 0. The highest BCUT2D eigenvalue weighted by atomic mass is 32.2. The first-order valence-electron chi connectivity index (χ1n) is 9.64. The van der Waals surface area contributed by atoms with Gasteiger partial charge in [-0.3, -0.25) is 13.5 Å². The van der Waals surface area contributed by atoms with Gasteiger partial charge in [-0.2, -0.15) is 4.21 Å². The van der Waals surface area contributed by atoms with Crippen LogP contribution in [0, 0.1) is 17.3 Å². The maximum absolute atomic E-state index is 12.0. The number of fused-ring (bicyclic) bond motifs is 1. The smallest absolute Gasteiger partial charge is 0.336 e. The number of allylic oxidation sites excluding steroid dienone is 4. The molecule has 2 fully saturated rings. The van der Waals surface area contributed by atoms with Gasteiger partial charge in [0.05, 0.1) is 18.2 Å². The van der Waals surface area contributed by atoms with Gasteiger partial charge in [0.2, 0.25) is 6.41 Å². The lowest BCUT2D eigenvalue weighted by Gasteiger charge is -2.48. The van der Waals surface area contributed by atoms with Crippen LogP contribution in [0.2, 0.25) is 0 Å². The second-order valence-electron chi connectivity index (χ2n) is 8.04. The zero-order valence-electron chi connectivity index (χ0n) is 16.5. The quantitative estimate of drug-likeness (QED) is 0.215. The van der Waals surface area contributed by atoms with E-state index in [1.807, 2.05) is 13.0 Å². The van der Waals surface area contributed by atoms with E-state index in [0.29, 0.717) is 24.8 Å². The van der Waals surface area contributed by atoms with E-state index in [4.69, 9.17) is 13.5 Å². The molecule has 29 heavy (non-hydrogen) atoms. The molecular formula is C21H29NO6S. The number of carbonyl (C=O) groups is 2. The highest BCUT2D eigenvalue weighted by Gasteiger charge is 2.45. The van der Waals surface area contributed by atoms with E-state index in [-0.39, 0.29) is 26.5 Å². The number of cyclic esters (lactones) is 1. The SMILES string of the molecule is C=C1CC[C@H]2C(=CCC(=C)[C@@]2(C)COS(=O)O)[C@@H]1C/C=C1/C(=O)OCC1NC=O.[HH]. The van der Waals surface area contributed by atoms with Gasteiger partial charge in [-0.25, -0.2) is 4.79 Å². The van der Waals surface area contributed by atoms with Crippen LogP contribution in [0.1, 0.15) is 34.0 Å². The normalized spacial score (nSPS) is 34.4. The molecule has 0 spiro atoms. The Bertz CT molecular complexity index is 822. The van der Waals surface area contributed by atoms with E-state index >= 15 is 0 Å². The number of rotatable bonds is 7. The van der Waals surface area contributed by atoms with Gasteiger partial charge in [-0.05, 0) is 31.6 Å². The van der Waals surface area contributed by atoms with Gasteiger partial charge in [0, 0.05) is 12.8 Å². The van der Waals surface area contributed by atoms with E-state index in [9.17, 15) is 13.8 Å². The van der Waals surface area contributed by atoms with Crippen molar-refractivity contribution in [3.05, 3.63) is 47.6 Å². The molecule has 8 heteroatoms. The third-order valence-electron chi connectivity index (χ3n) is 6.51. The molecule has 0 radical (unpaired) electrons. The number of ether oxygens (including phenoxy) is 1. The van der Waals surface area contributed by atoms with E-state index in [1.54, 1.807) is 0 Å². The summed E-state index contributed by atoms with van der Waals surface area (Å²) in [6.07, 6.45) is 7.52. The van der Waals surface area contributed by atoms with E-state index in [1.165, 1.54) is 5.57 Å².